The van der Waals surface area contributed by atoms with E-state index in [1.165, 1.54) is 12.8 Å². The number of hydrogen-bond donors (Lipinski definition) is 1. The summed E-state index contributed by atoms with van der Waals surface area (Å²) in [7, 11) is 2.12. The summed E-state index contributed by atoms with van der Waals surface area (Å²) in [6, 6.07) is 3.88. The maximum absolute atomic E-state index is 12.2. The number of aryl methyl sites for hydroxylation is 1. The molecular formula is C15H22ClN3O. The Kier molecular flexibility index (Phi) is 5.38. The average Bonchev–Trinajstić information content (AvgIpc) is 2.45. The normalized spacial score (nSPS) is 19.9. The maximum Gasteiger partial charge on any atom is 0.251 e. The number of likely N-dealkylation sites (tertiary alicyclic amines) is 1. The number of halogens is 1. The van der Waals surface area contributed by atoms with Crippen molar-refractivity contribution >= 4 is 17.5 Å². The first-order valence-corrected chi connectivity index (χ1v) is 7.63. The standard InChI is InChI=1S/C15H22ClN3O/c1-3-12-8-11(9-14(16)18-12)15(20)17-10-13-6-4-5-7-19(13)2/h8-9,13H,3-7,10H2,1-2H3,(H,17,20). The van der Waals surface area contributed by atoms with Crippen LogP contribution in [0.2, 0.25) is 5.15 Å². The largest absolute Gasteiger partial charge is 0.350 e. The van der Waals surface area contributed by atoms with E-state index in [2.05, 4.69) is 22.2 Å². The van der Waals surface area contributed by atoms with Crippen LogP contribution >= 0.6 is 11.6 Å². The van der Waals surface area contributed by atoms with Gasteiger partial charge >= 0.3 is 0 Å². The van der Waals surface area contributed by atoms with Gasteiger partial charge in [-0.3, -0.25) is 4.79 Å². The second-order valence-corrected chi connectivity index (χ2v) is 5.75. The number of amides is 1. The second kappa shape index (κ2) is 7.04. The van der Waals surface area contributed by atoms with Crippen LogP contribution in [-0.2, 0) is 6.42 Å². The molecule has 0 saturated carbocycles. The highest BCUT2D eigenvalue weighted by atomic mass is 35.5. The molecule has 4 nitrogen and oxygen atoms in total. The third-order valence-corrected chi connectivity index (χ3v) is 4.08. The Hall–Kier alpha value is -1.13. The van der Waals surface area contributed by atoms with E-state index in [1.807, 2.05) is 13.0 Å². The first kappa shape index (κ1) is 15.3. The van der Waals surface area contributed by atoms with Crippen LogP contribution in [-0.4, -0.2) is 42.0 Å². The molecule has 0 aliphatic carbocycles. The molecule has 1 unspecified atom stereocenters. The van der Waals surface area contributed by atoms with Gasteiger partial charge in [0.05, 0.1) is 0 Å². The summed E-state index contributed by atoms with van der Waals surface area (Å²) in [5.74, 6) is -0.0667. The fraction of sp³-hybridized carbons (Fsp3) is 0.600. The van der Waals surface area contributed by atoms with E-state index in [0.29, 0.717) is 23.3 Å². The molecule has 2 rings (SSSR count). The van der Waals surface area contributed by atoms with E-state index in [9.17, 15) is 4.79 Å². The third kappa shape index (κ3) is 3.93. The van der Waals surface area contributed by atoms with Gasteiger partial charge in [-0.1, -0.05) is 24.9 Å². The van der Waals surface area contributed by atoms with Crippen molar-refractivity contribution in [2.75, 3.05) is 20.1 Å². The van der Waals surface area contributed by atoms with Gasteiger partial charge in [0.1, 0.15) is 5.15 Å². The molecule has 1 fully saturated rings. The van der Waals surface area contributed by atoms with Crippen molar-refractivity contribution in [3.05, 3.63) is 28.5 Å². The molecule has 1 aromatic heterocycles. The Bertz CT molecular complexity index is 478. The van der Waals surface area contributed by atoms with Gasteiger partial charge in [-0.05, 0) is 45.0 Å². The molecule has 0 radical (unpaired) electrons. The van der Waals surface area contributed by atoms with E-state index < -0.39 is 0 Å². The monoisotopic (exact) mass is 295 g/mol. The Morgan fingerprint density at radius 3 is 3.00 bits per heavy atom. The number of carbonyl (C=O) groups is 1. The van der Waals surface area contributed by atoms with Crippen LogP contribution < -0.4 is 5.32 Å². The number of hydrogen-bond acceptors (Lipinski definition) is 3. The average molecular weight is 296 g/mol. The van der Waals surface area contributed by atoms with Gasteiger partial charge in [-0.15, -0.1) is 0 Å². The number of aromatic nitrogens is 1. The minimum atomic E-state index is -0.0667. The van der Waals surface area contributed by atoms with Crippen LogP contribution in [0.4, 0.5) is 0 Å². The Labute approximate surface area is 125 Å². The Balaban J connectivity index is 1.96. The molecule has 1 aromatic rings. The van der Waals surface area contributed by atoms with Gasteiger partial charge in [0.2, 0.25) is 0 Å². The molecule has 0 spiro atoms. The summed E-state index contributed by atoms with van der Waals surface area (Å²) in [6.07, 6.45) is 4.41. The van der Waals surface area contributed by atoms with E-state index >= 15 is 0 Å². The number of nitrogens with one attached hydrogen (secondary N) is 1. The van der Waals surface area contributed by atoms with Gasteiger partial charge in [-0.2, -0.15) is 0 Å². The lowest BCUT2D eigenvalue weighted by atomic mass is 10.0. The quantitative estimate of drug-likeness (QED) is 0.868. The highest BCUT2D eigenvalue weighted by molar-refractivity contribution is 6.29. The van der Waals surface area contributed by atoms with Crippen LogP contribution in [0.25, 0.3) is 0 Å². The molecule has 1 atom stereocenters. The van der Waals surface area contributed by atoms with Crippen LogP contribution in [0.5, 0.6) is 0 Å². The van der Waals surface area contributed by atoms with Crippen molar-refractivity contribution in [2.24, 2.45) is 0 Å². The third-order valence-electron chi connectivity index (χ3n) is 3.89. The van der Waals surface area contributed by atoms with E-state index in [-0.39, 0.29) is 5.91 Å². The lowest BCUT2D eigenvalue weighted by Gasteiger charge is -2.32. The summed E-state index contributed by atoms with van der Waals surface area (Å²) in [6.45, 7) is 3.80. The summed E-state index contributed by atoms with van der Waals surface area (Å²) < 4.78 is 0. The van der Waals surface area contributed by atoms with Crippen molar-refractivity contribution in [3.63, 3.8) is 0 Å². The zero-order valence-electron chi connectivity index (χ0n) is 12.2. The van der Waals surface area contributed by atoms with Gasteiger partial charge in [0.15, 0.2) is 0 Å². The van der Waals surface area contributed by atoms with E-state index in [1.54, 1.807) is 6.07 Å². The van der Waals surface area contributed by atoms with Crippen LogP contribution in [0.3, 0.4) is 0 Å². The predicted molar refractivity (Wildman–Crippen MR) is 81.2 cm³/mol. The zero-order chi connectivity index (χ0) is 14.5. The molecule has 5 heteroatoms. The zero-order valence-corrected chi connectivity index (χ0v) is 12.9. The molecule has 0 bridgehead atoms. The van der Waals surface area contributed by atoms with Crippen molar-refractivity contribution in [1.29, 1.82) is 0 Å². The molecule has 1 N–H and O–H groups in total. The minimum Gasteiger partial charge on any atom is -0.350 e. The van der Waals surface area contributed by atoms with Crippen LogP contribution in [0.15, 0.2) is 12.1 Å². The van der Waals surface area contributed by atoms with Crippen molar-refractivity contribution in [3.8, 4) is 0 Å². The van der Waals surface area contributed by atoms with Crippen LogP contribution in [0.1, 0.15) is 42.2 Å². The number of piperidine rings is 1. The summed E-state index contributed by atoms with van der Waals surface area (Å²) in [4.78, 5) is 18.7. The molecule has 1 amide bonds. The fourth-order valence-corrected chi connectivity index (χ4v) is 2.80. The number of nitrogens with zero attached hydrogens (tertiary/aromatic N) is 2. The highest BCUT2D eigenvalue weighted by Crippen LogP contribution is 2.15. The van der Waals surface area contributed by atoms with Crippen molar-refractivity contribution in [1.82, 2.24) is 15.2 Å². The predicted octanol–water partition coefficient (Wildman–Crippen LogP) is 2.51. The van der Waals surface area contributed by atoms with E-state index in [0.717, 1.165) is 25.1 Å². The molecule has 1 aliphatic heterocycles. The SMILES string of the molecule is CCc1cc(C(=O)NCC2CCCCN2C)cc(Cl)n1. The highest BCUT2D eigenvalue weighted by Gasteiger charge is 2.19. The molecule has 1 saturated heterocycles. The van der Waals surface area contributed by atoms with Gasteiger partial charge in [-0.25, -0.2) is 4.98 Å². The van der Waals surface area contributed by atoms with Crippen LogP contribution in [0, 0.1) is 0 Å². The molecule has 1 aliphatic rings. The molecule has 2 heterocycles. The second-order valence-electron chi connectivity index (χ2n) is 5.36. The molecule has 0 aromatic carbocycles. The molecular weight excluding hydrogens is 274 g/mol. The number of carbonyl (C=O) groups excluding carboxylic acids is 1. The Morgan fingerprint density at radius 1 is 1.50 bits per heavy atom. The fourth-order valence-electron chi connectivity index (χ4n) is 2.58. The minimum absolute atomic E-state index is 0.0667. The number of rotatable bonds is 4. The molecule has 20 heavy (non-hydrogen) atoms. The van der Waals surface area contributed by atoms with E-state index in [4.69, 9.17) is 11.6 Å². The summed E-state index contributed by atoms with van der Waals surface area (Å²) >= 11 is 5.95. The Morgan fingerprint density at radius 2 is 2.30 bits per heavy atom. The summed E-state index contributed by atoms with van der Waals surface area (Å²) in [5.41, 5.74) is 1.44. The van der Waals surface area contributed by atoms with Gasteiger partial charge in [0, 0.05) is 23.8 Å². The number of likely N-dealkylation sites (N-methyl/N-ethyl adjacent to an activating group) is 1. The number of pyridine rings is 1. The topological polar surface area (TPSA) is 45.2 Å². The van der Waals surface area contributed by atoms with Gasteiger partial charge in [0.25, 0.3) is 5.91 Å². The van der Waals surface area contributed by atoms with Gasteiger partial charge < -0.3 is 10.2 Å². The summed E-state index contributed by atoms with van der Waals surface area (Å²) in [5, 5.41) is 3.39. The lowest BCUT2D eigenvalue weighted by Crippen LogP contribution is -2.44. The first-order chi connectivity index (χ1) is 9.60. The van der Waals surface area contributed by atoms with Crippen molar-refractivity contribution in [2.45, 2.75) is 38.6 Å². The molecule has 110 valence electrons. The first-order valence-electron chi connectivity index (χ1n) is 7.25. The lowest BCUT2D eigenvalue weighted by molar-refractivity contribution is 0.0928. The maximum atomic E-state index is 12.2. The smallest absolute Gasteiger partial charge is 0.251 e. The van der Waals surface area contributed by atoms with Crippen molar-refractivity contribution < 1.29 is 4.79 Å².